The van der Waals surface area contributed by atoms with Crippen LogP contribution in [0.1, 0.15) is 48.6 Å². The number of hydrogen-bond acceptors (Lipinski definition) is 1. The summed E-state index contributed by atoms with van der Waals surface area (Å²) in [7, 11) is 2.09. The molecule has 0 spiro atoms. The molecule has 0 amide bonds. The lowest BCUT2D eigenvalue weighted by molar-refractivity contribution is -0.644. The predicted octanol–water partition coefficient (Wildman–Crippen LogP) is 7.20. The molecule has 0 saturated carbocycles. The molecule has 0 bridgehead atoms. The second-order valence-corrected chi connectivity index (χ2v) is 11.2. The van der Waals surface area contributed by atoms with Gasteiger partial charge in [0.05, 0.1) is 27.3 Å². The summed E-state index contributed by atoms with van der Waals surface area (Å²) in [4.78, 5) is 0. The third kappa shape index (κ3) is 2.60. The highest BCUT2D eigenvalue weighted by Gasteiger charge is 2.29. The van der Waals surface area contributed by atoms with E-state index < -0.39 is 0 Å². The van der Waals surface area contributed by atoms with Crippen LogP contribution in [0, 0.1) is 37.5 Å². The molecule has 0 unspecified atom stereocenters. The lowest BCUT2D eigenvalue weighted by Crippen LogP contribution is -2.30. The van der Waals surface area contributed by atoms with Gasteiger partial charge in [-0.15, -0.1) is 0 Å². The van der Waals surface area contributed by atoms with E-state index in [9.17, 15) is 5.26 Å². The van der Waals surface area contributed by atoms with E-state index in [2.05, 4.69) is 100 Å². The third-order valence-corrected chi connectivity index (χ3v) is 7.53. The number of benzene rings is 3. The Morgan fingerprint density at radius 3 is 2.35 bits per heavy atom. The smallest absolute Gasteiger partial charge is 0.224 e. The van der Waals surface area contributed by atoms with Crippen molar-refractivity contribution in [1.29, 1.82) is 5.26 Å². The zero-order valence-electron chi connectivity index (χ0n) is 21.1. The molecule has 0 fully saturated rings. The third-order valence-electron chi connectivity index (χ3n) is 7.53. The fourth-order valence-corrected chi connectivity index (χ4v) is 6.19. The number of pyridine rings is 2. The van der Waals surface area contributed by atoms with Gasteiger partial charge in [0.15, 0.2) is 6.20 Å². The first-order valence-electron chi connectivity index (χ1n) is 12.1. The second-order valence-electron chi connectivity index (χ2n) is 11.2. The Bertz CT molecular complexity index is 1850. The van der Waals surface area contributed by atoms with Gasteiger partial charge in [0.25, 0.3) is 0 Å². The summed E-state index contributed by atoms with van der Waals surface area (Å²) in [6, 6.07) is 15.9. The van der Waals surface area contributed by atoms with E-state index in [4.69, 9.17) is 0 Å². The molecule has 0 radical (unpaired) electrons. The number of aryl methyl sites for hydroxylation is 4. The van der Waals surface area contributed by atoms with E-state index in [0.717, 1.165) is 17.4 Å². The fourth-order valence-electron chi connectivity index (χ4n) is 6.19. The van der Waals surface area contributed by atoms with Crippen molar-refractivity contribution in [2.24, 2.45) is 12.5 Å². The Balaban J connectivity index is 2.09. The highest BCUT2D eigenvalue weighted by Crippen LogP contribution is 2.45. The zero-order chi connectivity index (χ0) is 24.1. The molecular formula is C31H30N3+. The van der Waals surface area contributed by atoms with Crippen LogP contribution in [0.5, 0.6) is 0 Å². The van der Waals surface area contributed by atoms with Crippen molar-refractivity contribution in [1.82, 2.24) is 4.40 Å². The quantitative estimate of drug-likeness (QED) is 0.150. The van der Waals surface area contributed by atoms with Gasteiger partial charge in [0.1, 0.15) is 18.7 Å². The van der Waals surface area contributed by atoms with Gasteiger partial charge in [-0.05, 0) is 67.0 Å². The van der Waals surface area contributed by atoms with Crippen LogP contribution in [0.3, 0.4) is 0 Å². The Kier molecular flexibility index (Phi) is 4.13. The van der Waals surface area contributed by atoms with Crippen LogP contribution in [0.2, 0.25) is 0 Å². The molecule has 3 heteroatoms. The number of nitrogens with zero attached hydrogens (tertiary/aromatic N) is 3. The molecule has 0 aliphatic carbocycles. The molecule has 3 aromatic carbocycles. The molecule has 6 rings (SSSR count). The lowest BCUT2D eigenvalue weighted by Gasteiger charge is -2.21. The van der Waals surface area contributed by atoms with Crippen molar-refractivity contribution in [3.63, 3.8) is 0 Å². The highest BCUT2D eigenvalue weighted by molar-refractivity contribution is 6.29. The largest absolute Gasteiger partial charge is 0.307 e. The summed E-state index contributed by atoms with van der Waals surface area (Å²) < 4.78 is 4.67. The van der Waals surface area contributed by atoms with E-state index in [-0.39, 0.29) is 5.41 Å². The van der Waals surface area contributed by atoms with Crippen LogP contribution in [0.4, 0.5) is 0 Å². The van der Waals surface area contributed by atoms with E-state index in [1.807, 2.05) is 6.20 Å². The van der Waals surface area contributed by atoms with Gasteiger partial charge >= 0.3 is 0 Å². The summed E-state index contributed by atoms with van der Waals surface area (Å²) in [6.45, 7) is 13.6. The van der Waals surface area contributed by atoms with E-state index >= 15 is 0 Å². The molecule has 3 aromatic heterocycles. The predicted molar refractivity (Wildman–Crippen MR) is 142 cm³/mol. The minimum absolute atomic E-state index is 0.129. The number of nitriles is 1. The van der Waals surface area contributed by atoms with Crippen LogP contribution in [-0.4, -0.2) is 4.40 Å². The van der Waals surface area contributed by atoms with Gasteiger partial charge in [-0.1, -0.05) is 45.0 Å². The number of para-hydroxylation sites is 1. The van der Waals surface area contributed by atoms with Crippen LogP contribution in [0.25, 0.3) is 49.0 Å². The van der Waals surface area contributed by atoms with Crippen molar-refractivity contribution in [2.75, 3.05) is 0 Å². The molecule has 0 aliphatic rings. The Morgan fingerprint density at radius 1 is 0.912 bits per heavy atom. The van der Waals surface area contributed by atoms with Crippen molar-refractivity contribution in [3.05, 3.63) is 70.4 Å². The highest BCUT2D eigenvalue weighted by atomic mass is 15.0. The summed E-state index contributed by atoms with van der Waals surface area (Å²) >= 11 is 0. The van der Waals surface area contributed by atoms with Gasteiger partial charge in [-0.3, -0.25) is 0 Å². The average Bonchev–Trinajstić information content (AvgIpc) is 3.12. The van der Waals surface area contributed by atoms with E-state index in [0.29, 0.717) is 0 Å². The standard InChI is InChI=1S/C31H30N3/c1-17-12-18(2)28-25(19(17)3)29-27-23(21(15-32)16-33(29)7)13-20(14-31(4,5)6)26-22-10-8-9-11-24(22)34(28)30(26)27/h8-13,16H,14H2,1-7H3/q+1. The monoisotopic (exact) mass is 444 g/mol. The number of hydrogen-bond donors (Lipinski definition) is 0. The fraction of sp³-hybridized carbons (Fsp3) is 0.290. The van der Waals surface area contributed by atoms with Gasteiger partial charge in [-0.25, -0.2) is 0 Å². The lowest BCUT2D eigenvalue weighted by atomic mass is 9.84. The molecule has 0 N–H and O–H groups in total. The molecular weight excluding hydrogens is 414 g/mol. The topological polar surface area (TPSA) is 32.1 Å². The minimum Gasteiger partial charge on any atom is -0.307 e. The maximum atomic E-state index is 10.1. The van der Waals surface area contributed by atoms with Gasteiger partial charge in [0.2, 0.25) is 5.52 Å². The van der Waals surface area contributed by atoms with Crippen molar-refractivity contribution < 1.29 is 4.57 Å². The SMILES string of the molecule is Cc1cc(C)c2c(c1C)c1c3c(cc(CC(C)(C)C)c4c5ccccc5n2c43)c(C#N)c[n+]1C. The number of aromatic nitrogens is 2. The number of fused-ring (bicyclic) bond motifs is 6. The van der Waals surface area contributed by atoms with Gasteiger partial charge in [0, 0.05) is 16.2 Å². The first-order chi connectivity index (χ1) is 16.1. The van der Waals surface area contributed by atoms with Crippen LogP contribution < -0.4 is 4.57 Å². The normalized spacial score (nSPS) is 12.6. The van der Waals surface area contributed by atoms with Crippen LogP contribution in [0.15, 0.2) is 42.6 Å². The van der Waals surface area contributed by atoms with Gasteiger partial charge < -0.3 is 4.40 Å². The first-order valence-corrected chi connectivity index (χ1v) is 12.1. The molecule has 0 atom stereocenters. The number of rotatable bonds is 1. The Morgan fingerprint density at radius 2 is 1.65 bits per heavy atom. The molecule has 6 aromatic rings. The second kappa shape index (κ2) is 6.70. The Labute approximate surface area is 200 Å². The summed E-state index contributed by atoms with van der Waals surface area (Å²) in [5, 5.41) is 16.3. The molecule has 34 heavy (non-hydrogen) atoms. The maximum absolute atomic E-state index is 10.1. The average molecular weight is 445 g/mol. The van der Waals surface area contributed by atoms with Crippen LogP contribution in [-0.2, 0) is 13.5 Å². The zero-order valence-corrected chi connectivity index (χ0v) is 21.1. The Hall–Kier alpha value is -3.64. The van der Waals surface area contributed by atoms with Gasteiger partial charge in [-0.2, -0.15) is 9.83 Å². The molecule has 3 heterocycles. The first kappa shape index (κ1) is 20.9. The molecule has 0 saturated heterocycles. The molecule has 3 nitrogen and oxygen atoms in total. The summed E-state index contributed by atoms with van der Waals surface area (Å²) in [5.41, 5.74) is 11.1. The van der Waals surface area contributed by atoms with E-state index in [1.54, 1.807) is 0 Å². The molecule has 168 valence electrons. The van der Waals surface area contributed by atoms with Crippen molar-refractivity contribution in [3.8, 4) is 6.07 Å². The summed E-state index contributed by atoms with van der Waals surface area (Å²) in [5.74, 6) is 0. The summed E-state index contributed by atoms with van der Waals surface area (Å²) in [6.07, 6.45) is 2.97. The van der Waals surface area contributed by atoms with Crippen molar-refractivity contribution >= 4 is 49.0 Å². The van der Waals surface area contributed by atoms with E-state index in [1.165, 1.54) is 65.9 Å². The van der Waals surface area contributed by atoms with Crippen molar-refractivity contribution in [2.45, 2.75) is 48.0 Å². The minimum atomic E-state index is 0.129. The molecule has 0 aliphatic heterocycles. The van der Waals surface area contributed by atoms with Crippen LogP contribution >= 0.6 is 0 Å². The maximum Gasteiger partial charge on any atom is 0.224 e.